The van der Waals surface area contributed by atoms with Gasteiger partial charge in [0.1, 0.15) is 5.69 Å². The Morgan fingerprint density at radius 1 is 1.40 bits per heavy atom. The largest absolute Gasteiger partial charge is 0.396 e. The highest BCUT2D eigenvalue weighted by Gasteiger charge is 2.18. The minimum Gasteiger partial charge on any atom is -0.396 e. The zero-order valence-corrected chi connectivity index (χ0v) is 12.1. The molecule has 5 heteroatoms. The molecule has 0 spiro atoms. The molecule has 5 nitrogen and oxygen atoms in total. The lowest BCUT2D eigenvalue weighted by atomic mass is 10.1. The Morgan fingerprint density at radius 3 is 2.65 bits per heavy atom. The summed E-state index contributed by atoms with van der Waals surface area (Å²) in [6, 6.07) is 8.01. The number of amides is 1. The van der Waals surface area contributed by atoms with Gasteiger partial charge >= 0.3 is 0 Å². The van der Waals surface area contributed by atoms with Crippen molar-refractivity contribution in [2.45, 2.75) is 33.4 Å². The first kappa shape index (κ1) is 14.1. The van der Waals surface area contributed by atoms with Crippen LogP contribution >= 0.6 is 0 Å². The molecule has 1 heterocycles. The van der Waals surface area contributed by atoms with Crippen molar-refractivity contribution in [1.82, 2.24) is 15.1 Å². The van der Waals surface area contributed by atoms with E-state index in [9.17, 15) is 4.79 Å². The Balaban J connectivity index is 2.15. The maximum atomic E-state index is 12.3. The quantitative estimate of drug-likeness (QED) is 0.896. The van der Waals surface area contributed by atoms with Crippen LogP contribution in [-0.2, 0) is 6.54 Å². The summed E-state index contributed by atoms with van der Waals surface area (Å²) in [6.07, 6.45) is 1.51. The van der Waals surface area contributed by atoms with E-state index in [1.165, 1.54) is 11.8 Å². The molecule has 1 amide bonds. The number of aromatic nitrogens is 2. The number of nitrogen functional groups attached to an aromatic ring is 1. The second kappa shape index (κ2) is 5.77. The highest BCUT2D eigenvalue weighted by Crippen LogP contribution is 2.16. The monoisotopic (exact) mass is 272 g/mol. The van der Waals surface area contributed by atoms with Crippen LogP contribution in [0.25, 0.3) is 0 Å². The fraction of sp³-hybridized carbons (Fsp3) is 0.333. The minimum atomic E-state index is -0.199. The summed E-state index contributed by atoms with van der Waals surface area (Å²) in [4.78, 5) is 12.3. The first-order valence-corrected chi connectivity index (χ1v) is 6.71. The Kier molecular flexibility index (Phi) is 4.08. The van der Waals surface area contributed by atoms with E-state index in [1.54, 1.807) is 4.68 Å². The molecule has 0 fully saturated rings. The minimum absolute atomic E-state index is 0.0808. The van der Waals surface area contributed by atoms with Gasteiger partial charge in [-0.05, 0) is 26.3 Å². The van der Waals surface area contributed by atoms with Crippen molar-refractivity contribution in [2.75, 3.05) is 5.73 Å². The standard InChI is InChI=1S/C15H20N4O/c1-4-19-14(13(16)9-17-19)15(20)18-11(3)12-7-5-10(2)6-8-12/h5-9,11H,4,16H2,1-3H3,(H,18,20). The van der Waals surface area contributed by atoms with Gasteiger partial charge in [0, 0.05) is 6.54 Å². The second-order valence-electron chi connectivity index (χ2n) is 4.87. The molecule has 2 aromatic rings. The van der Waals surface area contributed by atoms with Gasteiger partial charge in [-0.15, -0.1) is 0 Å². The van der Waals surface area contributed by atoms with Crippen molar-refractivity contribution in [3.8, 4) is 0 Å². The Bertz CT molecular complexity index is 601. The fourth-order valence-electron chi connectivity index (χ4n) is 2.09. The van der Waals surface area contributed by atoms with Crippen molar-refractivity contribution >= 4 is 11.6 Å². The molecular weight excluding hydrogens is 252 g/mol. The lowest BCUT2D eigenvalue weighted by Crippen LogP contribution is -2.29. The van der Waals surface area contributed by atoms with Crippen LogP contribution < -0.4 is 11.1 Å². The molecule has 0 bridgehead atoms. The molecule has 0 aliphatic heterocycles. The van der Waals surface area contributed by atoms with Crippen LogP contribution in [0.5, 0.6) is 0 Å². The normalized spacial score (nSPS) is 12.2. The van der Waals surface area contributed by atoms with E-state index >= 15 is 0 Å². The molecule has 0 saturated carbocycles. The number of hydrogen-bond acceptors (Lipinski definition) is 3. The molecule has 1 aromatic heterocycles. The number of nitrogens with two attached hydrogens (primary N) is 1. The fourth-order valence-corrected chi connectivity index (χ4v) is 2.09. The summed E-state index contributed by atoms with van der Waals surface area (Å²) in [6.45, 7) is 6.52. The smallest absolute Gasteiger partial charge is 0.272 e. The van der Waals surface area contributed by atoms with Crippen LogP contribution in [0.4, 0.5) is 5.69 Å². The number of hydrogen-bond donors (Lipinski definition) is 2. The molecule has 0 aliphatic carbocycles. The van der Waals surface area contributed by atoms with E-state index in [0.29, 0.717) is 17.9 Å². The summed E-state index contributed by atoms with van der Waals surface area (Å²) < 4.78 is 1.60. The molecule has 2 rings (SSSR count). The molecule has 0 saturated heterocycles. The number of aryl methyl sites for hydroxylation is 2. The van der Waals surface area contributed by atoms with E-state index < -0.39 is 0 Å². The zero-order valence-electron chi connectivity index (χ0n) is 12.1. The third-order valence-corrected chi connectivity index (χ3v) is 3.31. The van der Waals surface area contributed by atoms with Gasteiger partial charge in [-0.1, -0.05) is 29.8 Å². The average molecular weight is 272 g/mol. The molecule has 106 valence electrons. The molecule has 1 unspecified atom stereocenters. The number of carbonyl (C=O) groups is 1. The van der Waals surface area contributed by atoms with Gasteiger partial charge in [0.05, 0.1) is 17.9 Å². The predicted molar refractivity (Wildman–Crippen MR) is 79.4 cm³/mol. The van der Waals surface area contributed by atoms with Crippen molar-refractivity contribution < 1.29 is 4.79 Å². The van der Waals surface area contributed by atoms with E-state index in [-0.39, 0.29) is 11.9 Å². The van der Waals surface area contributed by atoms with Gasteiger partial charge in [-0.2, -0.15) is 5.10 Å². The Labute approximate surface area is 118 Å². The number of anilines is 1. The van der Waals surface area contributed by atoms with Crippen LogP contribution in [0.1, 0.15) is 41.5 Å². The van der Waals surface area contributed by atoms with Crippen LogP contribution in [0.2, 0.25) is 0 Å². The van der Waals surface area contributed by atoms with Crippen molar-refractivity contribution in [3.05, 3.63) is 47.3 Å². The van der Waals surface area contributed by atoms with Crippen LogP contribution in [-0.4, -0.2) is 15.7 Å². The summed E-state index contributed by atoms with van der Waals surface area (Å²) in [7, 11) is 0. The summed E-state index contributed by atoms with van der Waals surface area (Å²) in [5.41, 5.74) is 8.89. The molecule has 1 aromatic carbocycles. The maximum Gasteiger partial charge on any atom is 0.272 e. The lowest BCUT2D eigenvalue weighted by molar-refractivity contribution is 0.0930. The summed E-state index contributed by atoms with van der Waals surface area (Å²) in [5.74, 6) is -0.199. The third kappa shape index (κ3) is 2.82. The summed E-state index contributed by atoms with van der Waals surface area (Å²) >= 11 is 0. The number of benzene rings is 1. The number of nitrogens with one attached hydrogen (secondary N) is 1. The molecular formula is C15H20N4O. The van der Waals surface area contributed by atoms with E-state index in [2.05, 4.69) is 10.4 Å². The van der Waals surface area contributed by atoms with Crippen LogP contribution in [0.3, 0.4) is 0 Å². The van der Waals surface area contributed by atoms with Gasteiger partial charge in [0.2, 0.25) is 0 Å². The predicted octanol–water partition coefficient (Wildman–Crippen LogP) is 2.28. The molecule has 0 aliphatic rings. The van der Waals surface area contributed by atoms with Gasteiger partial charge < -0.3 is 11.1 Å². The highest BCUT2D eigenvalue weighted by molar-refractivity contribution is 5.97. The third-order valence-electron chi connectivity index (χ3n) is 3.31. The number of rotatable bonds is 4. The molecule has 3 N–H and O–H groups in total. The van der Waals surface area contributed by atoms with Gasteiger partial charge in [0.15, 0.2) is 0 Å². The van der Waals surface area contributed by atoms with Crippen molar-refractivity contribution in [1.29, 1.82) is 0 Å². The maximum absolute atomic E-state index is 12.3. The number of nitrogens with zero attached hydrogens (tertiary/aromatic N) is 2. The van der Waals surface area contributed by atoms with Gasteiger partial charge in [-0.25, -0.2) is 0 Å². The molecule has 0 radical (unpaired) electrons. The zero-order chi connectivity index (χ0) is 14.7. The highest BCUT2D eigenvalue weighted by atomic mass is 16.2. The first-order chi connectivity index (χ1) is 9.52. The van der Waals surface area contributed by atoms with Crippen LogP contribution in [0, 0.1) is 6.92 Å². The Hall–Kier alpha value is -2.30. The lowest BCUT2D eigenvalue weighted by Gasteiger charge is -2.15. The second-order valence-corrected chi connectivity index (χ2v) is 4.87. The topological polar surface area (TPSA) is 72.9 Å². The summed E-state index contributed by atoms with van der Waals surface area (Å²) in [5, 5.41) is 7.03. The Morgan fingerprint density at radius 2 is 2.05 bits per heavy atom. The van der Waals surface area contributed by atoms with Crippen molar-refractivity contribution in [2.24, 2.45) is 0 Å². The number of carbonyl (C=O) groups excluding carboxylic acids is 1. The van der Waals surface area contributed by atoms with E-state index in [4.69, 9.17) is 5.73 Å². The van der Waals surface area contributed by atoms with Crippen molar-refractivity contribution in [3.63, 3.8) is 0 Å². The SMILES string of the molecule is CCn1ncc(N)c1C(=O)NC(C)c1ccc(C)cc1. The van der Waals surface area contributed by atoms with Gasteiger partial charge in [0.25, 0.3) is 5.91 Å². The van der Waals surface area contributed by atoms with E-state index in [1.807, 2.05) is 45.0 Å². The van der Waals surface area contributed by atoms with E-state index in [0.717, 1.165) is 5.56 Å². The molecule has 1 atom stereocenters. The van der Waals surface area contributed by atoms with Crippen LogP contribution in [0.15, 0.2) is 30.5 Å². The average Bonchev–Trinajstić information content (AvgIpc) is 2.80. The van der Waals surface area contributed by atoms with Gasteiger partial charge in [-0.3, -0.25) is 9.48 Å². The molecule has 20 heavy (non-hydrogen) atoms. The first-order valence-electron chi connectivity index (χ1n) is 6.71.